The number of aryl methyl sites for hydroxylation is 1. The second kappa shape index (κ2) is 49.7. The predicted octanol–water partition coefficient (Wildman–Crippen LogP) is -1.78. The number of ether oxygens (including phenoxy) is 1. The molecule has 0 unspecified atom stereocenters. The van der Waals surface area contributed by atoms with E-state index in [0.717, 1.165) is 10.9 Å². The van der Waals surface area contributed by atoms with E-state index in [2.05, 4.69) is 63.5 Å². The zero-order valence-corrected chi connectivity index (χ0v) is 71.4. The molecule has 0 spiro atoms. The molecule has 0 saturated carbocycles. The first-order chi connectivity index (χ1) is 58.8. The van der Waals surface area contributed by atoms with Crippen molar-refractivity contribution >= 4 is 122 Å². The Morgan fingerprint density at radius 1 is 0.573 bits per heavy atom. The molecule has 41 heteroatoms. The van der Waals surface area contributed by atoms with E-state index in [0.29, 0.717) is 66.5 Å². The first-order valence-corrected chi connectivity index (χ1v) is 42.1. The van der Waals surface area contributed by atoms with Crippen LogP contribution in [0, 0.1) is 30.1 Å². The molecule has 2 aliphatic heterocycles. The van der Waals surface area contributed by atoms with Gasteiger partial charge >= 0.3 is 11.6 Å². The van der Waals surface area contributed by atoms with E-state index in [1.54, 1.807) is 90.2 Å². The Morgan fingerprint density at radius 3 is 1.68 bits per heavy atom. The van der Waals surface area contributed by atoms with Gasteiger partial charge in [-0.2, -0.15) is 0 Å². The van der Waals surface area contributed by atoms with Crippen LogP contribution in [0.15, 0.2) is 63.9 Å². The third-order valence-electron chi connectivity index (χ3n) is 21.5. The van der Waals surface area contributed by atoms with E-state index >= 15 is 4.79 Å². The highest BCUT2D eigenvalue weighted by molar-refractivity contribution is 6.01. The van der Waals surface area contributed by atoms with Gasteiger partial charge in [0, 0.05) is 86.5 Å². The highest BCUT2D eigenvalue weighted by Gasteiger charge is 2.44. The van der Waals surface area contributed by atoms with Crippen molar-refractivity contribution in [3.8, 4) is 5.75 Å². The number of benzene rings is 2. The number of primary amides is 3. The second-order valence-electron chi connectivity index (χ2n) is 32.4. The number of nitrogens with zero attached hydrogens (tertiary/aromatic N) is 2. The number of carboxylic acids is 1. The lowest BCUT2D eigenvalue weighted by atomic mass is 9.95. The summed E-state index contributed by atoms with van der Waals surface area (Å²) in [6.07, 6.45) is 1.58. The molecule has 2 aliphatic rings. The van der Waals surface area contributed by atoms with Gasteiger partial charge in [0.15, 0.2) is 5.96 Å². The van der Waals surface area contributed by atoms with Crippen LogP contribution in [-0.4, -0.2) is 237 Å². The fourth-order valence-electron chi connectivity index (χ4n) is 14.7. The Morgan fingerprint density at radius 2 is 1.10 bits per heavy atom. The van der Waals surface area contributed by atoms with Gasteiger partial charge in [0.2, 0.25) is 88.6 Å². The average molecular weight is 1740 g/mol. The molecule has 13 atom stereocenters. The number of likely N-dealkylation sites (tertiary alicyclic amines) is 2. The van der Waals surface area contributed by atoms with Gasteiger partial charge in [-0.05, 0) is 150 Å². The highest BCUT2D eigenvalue weighted by atomic mass is 16.5. The molecular formula is C83H124N20O21. The van der Waals surface area contributed by atoms with Gasteiger partial charge in [-0.1, -0.05) is 66.2 Å². The first-order valence-electron chi connectivity index (χ1n) is 42.1. The molecule has 4 aromatic rings. The number of rotatable bonds is 53. The zero-order valence-electron chi connectivity index (χ0n) is 71.4. The molecule has 2 saturated heterocycles. The summed E-state index contributed by atoms with van der Waals surface area (Å²) >= 11 is 0. The minimum Gasteiger partial charge on any atom is -0.493 e. The molecule has 6 rings (SSSR count). The Hall–Kier alpha value is -12.3. The number of carboxylic acid groups (broad SMARTS) is 1. The number of aliphatic hydroxyl groups is 1. The molecule has 682 valence electrons. The van der Waals surface area contributed by atoms with Crippen LogP contribution in [0.5, 0.6) is 5.75 Å². The summed E-state index contributed by atoms with van der Waals surface area (Å²) in [6, 6.07) is -3.74. The summed E-state index contributed by atoms with van der Waals surface area (Å²) in [5.41, 5.74) is 29.7. The molecule has 0 radical (unpaired) electrons. The highest BCUT2D eigenvalue weighted by Crippen LogP contribution is 2.27. The summed E-state index contributed by atoms with van der Waals surface area (Å²) < 4.78 is 11.1. The van der Waals surface area contributed by atoms with Gasteiger partial charge < -0.3 is 121 Å². The van der Waals surface area contributed by atoms with E-state index in [1.165, 1.54) is 15.9 Å². The van der Waals surface area contributed by atoms with Crippen molar-refractivity contribution in [3.63, 3.8) is 0 Å². The lowest BCUT2D eigenvalue weighted by molar-refractivity contribution is -0.144. The Kier molecular flexibility index (Phi) is 40.3. The van der Waals surface area contributed by atoms with Crippen molar-refractivity contribution in [3.05, 3.63) is 76.3 Å². The van der Waals surface area contributed by atoms with Crippen LogP contribution in [0.3, 0.4) is 0 Å². The number of carbonyl (C=O) groups is 16. The minimum atomic E-state index is -1.77. The van der Waals surface area contributed by atoms with Crippen LogP contribution in [0.25, 0.3) is 21.9 Å². The maximum absolute atomic E-state index is 15.1. The zero-order chi connectivity index (χ0) is 91.6. The topological polar surface area (TPSA) is 662 Å². The fourth-order valence-corrected chi connectivity index (χ4v) is 14.7. The van der Waals surface area contributed by atoms with Crippen LogP contribution < -0.4 is 97.5 Å². The molecule has 2 fully saturated rings. The van der Waals surface area contributed by atoms with Gasteiger partial charge in [0.25, 0.3) is 0 Å². The number of hydrogen-bond donors (Lipinski definition) is 20. The number of aromatic nitrogens is 1. The molecule has 4 heterocycles. The number of amides is 15. The summed E-state index contributed by atoms with van der Waals surface area (Å²) in [5.74, 6) is -15.3. The summed E-state index contributed by atoms with van der Waals surface area (Å²) in [6.45, 7) is 12.1. The van der Waals surface area contributed by atoms with Crippen molar-refractivity contribution in [1.82, 2.24) is 73.3 Å². The summed E-state index contributed by atoms with van der Waals surface area (Å²) in [7, 11) is 0. The van der Waals surface area contributed by atoms with Crippen molar-refractivity contribution in [1.29, 1.82) is 5.41 Å². The number of H-pyrrole nitrogens is 1. The lowest BCUT2D eigenvalue weighted by Crippen LogP contribution is -2.61. The number of fused-ring (bicyclic) bond motifs is 2. The third kappa shape index (κ3) is 31.9. The molecule has 41 nitrogen and oxygen atoms in total. The largest absolute Gasteiger partial charge is 0.493 e. The van der Waals surface area contributed by atoms with E-state index in [4.69, 9.17) is 43.2 Å². The summed E-state index contributed by atoms with van der Waals surface area (Å²) in [4.78, 5) is 238. The number of guanidine groups is 1. The molecular weight excluding hydrogens is 1610 g/mol. The Labute approximate surface area is 717 Å². The maximum atomic E-state index is 15.1. The van der Waals surface area contributed by atoms with Crippen molar-refractivity contribution in [2.45, 2.75) is 256 Å². The smallest absolute Gasteiger partial charge is 0.336 e. The molecule has 15 amide bonds. The number of nitrogens with two attached hydrogens (primary N) is 5. The van der Waals surface area contributed by atoms with Crippen molar-refractivity contribution < 1.29 is 96.1 Å². The number of aliphatic carboxylic acids is 1. The van der Waals surface area contributed by atoms with E-state index in [1.807, 2.05) is 6.92 Å². The summed E-state index contributed by atoms with van der Waals surface area (Å²) in [5, 5.41) is 57.3. The van der Waals surface area contributed by atoms with E-state index in [9.17, 15) is 86.9 Å². The van der Waals surface area contributed by atoms with Crippen molar-refractivity contribution in [2.75, 3.05) is 39.4 Å². The lowest BCUT2D eigenvalue weighted by Gasteiger charge is -2.33. The van der Waals surface area contributed by atoms with Crippen LogP contribution in [0.1, 0.15) is 181 Å². The van der Waals surface area contributed by atoms with Gasteiger partial charge in [-0.25, -0.2) is 4.79 Å². The number of aromatic amines is 1. The van der Waals surface area contributed by atoms with Crippen LogP contribution in [-0.2, 0) is 83.1 Å². The quantitative estimate of drug-likeness (QED) is 0.0101. The molecule has 2 aromatic heterocycles. The first kappa shape index (κ1) is 101. The van der Waals surface area contributed by atoms with E-state index < -0.39 is 199 Å². The molecule has 0 aliphatic carbocycles. The van der Waals surface area contributed by atoms with Crippen LogP contribution in [0.2, 0.25) is 0 Å². The number of carbonyl (C=O) groups excluding carboxylic acids is 15. The maximum Gasteiger partial charge on any atom is 0.336 e. The Bertz CT molecular complexity index is 4500. The average Bonchev–Trinajstić information content (AvgIpc) is 1.31. The fraction of sp³-hybridized carbons (Fsp3) is 0.590. The van der Waals surface area contributed by atoms with Gasteiger partial charge in [-0.15, -0.1) is 0 Å². The van der Waals surface area contributed by atoms with Crippen molar-refractivity contribution in [2.24, 2.45) is 46.4 Å². The molecule has 0 bridgehead atoms. The number of aliphatic hydroxyl groups excluding tert-OH is 1. The molecule has 2 aromatic carbocycles. The Balaban J connectivity index is 1.13. The normalized spacial score (nSPS) is 16.4. The van der Waals surface area contributed by atoms with Gasteiger partial charge in [0.05, 0.1) is 19.6 Å². The minimum absolute atomic E-state index is 0.00695. The molecule has 25 N–H and O–H groups in total. The monoisotopic (exact) mass is 1740 g/mol. The predicted molar refractivity (Wildman–Crippen MR) is 453 cm³/mol. The third-order valence-corrected chi connectivity index (χ3v) is 21.5. The van der Waals surface area contributed by atoms with Gasteiger partial charge in [0.1, 0.15) is 83.8 Å². The SMILES string of the molecule is CC[C@H](C)[C@H](NC(=O)[C@H](Cc1c[nH]c2ccccc12)NC(=O)[C@H](CCC(=O)O)NC(=O)[C@H](CC(N)=O)NC(=O)[C@@H](N)CO)C(=O)N[C@@H](CC(C)C)C(=O)N1CCC[C@H]1C(=O)N[C@@H](CCCNC(=N)N)C(=O)N[C@@H](CC(C)C)C(=O)N1CCC[C@H]1C(=O)N[C@@H](CCC(N)=O)C(=O)N[C@@H](CCCCNC(=O)CCCCOc1ccc2c(C)cc(=O)oc2c1)C(N)=O. The van der Waals surface area contributed by atoms with E-state index in [-0.39, 0.29) is 133 Å². The second-order valence-corrected chi connectivity index (χ2v) is 32.4. The van der Waals surface area contributed by atoms with Crippen LogP contribution >= 0.6 is 0 Å². The van der Waals surface area contributed by atoms with Gasteiger partial charge in [-0.3, -0.25) is 82.1 Å². The number of para-hydroxylation sites is 1. The number of unbranched alkanes of at least 4 members (excludes halogenated alkanes) is 2. The number of nitrogens with one attached hydrogen (secondary N) is 13. The molecule has 124 heavy (non-hydrogen) atoms. The standard InChI is InChI=1S/C83H124N20O21/c1-8-46(6)70(101-77(117)58(39-48-42-92-53-19-10-9-18-51(48)53)98-75(115)57(28-30-68(108)109)94-76(116)59(41-66(86)106)97-72(112)52(84)43-104)80(120)100-61(37-45(4)5)82(122)103-34-16-22-62(103)78(118)95-55(21-15-32-91-83(88)89)73(113)99-60(36-44(2)3)81(121)102-33-17-23-63(102)79(119)96-56(27-29-65(85)105)74(114)93-54(71(87)111)20-11-13-31-90-67(107)24-12-14-35-123-49-25-26-50-47(7)38-69(110)124-64(50)40-49/h9-10,18-19,25-26,38,40,42,44-46,52,54-63,70,92,104H,8,11-17,20-24,27-37,39,41,43,84H2,1-7H3,(H2,85,105)(H2,86,106)(H2,87,111)(H,90,107)(H,93,114)(H,94,116)(H,95,118)(H,96,119)(H,97,112)(H,98,115)(H,99,113)(H,100,120)(H,101,117)(H,108,109)(H4,88,89,91)/t46-,52-,54-,55-,56-,57-,58-,59-,60-,61-,62-,63-,70-/m0/s1. The van der Waals surface area contributed by atoms with Crippen LogP contribution in [0.4, 0.5) is 0 Å². The number of hydrogen-bond acceptors (Lipinski definition) is 22.